The Bertz CT molecular complexity index is 659. The number of rotatable bonds is 14. The van der Waals surface area contributed by atoms with Gasteiger partial charge >= 0.3 is 12.3 Å². The van der Waals surface area contributed by atoms with Crippen molar-refractivity contribution in [2.45, 2.75) is 102 Å². The highest BCUT2D eigenvalue weighted by molar-refractivity contribution is 5.60. The van der Waals surface area contributed by atoms with Crippen molar-refractivity contribution >= 4 is 12.3 Å². The molecule has 0 saturated heterocycles. The molecule has 1 aliphatic rings. The summed E-state index contributed by atoms with van der Waals surface area (Å²) >= 11 is 0. The van der Waals surface area contributed by atoms with Crippen LogP contribution in [-0.4, -0.2) is 34.4 Å². The van der Waals surface area contributed by atoms with Gasteiger partial charge in [-0.2, -0.15) is 0 Å². The van der Waals surface area contributed by atoms with Gasteiger partial charge in [-0.25, -0.2) is 9.59 Å². The van der Waals surface area contributed by atoms with Gasteiger partial charge < -0.3 is 25.0 Å². The van der Waals surface area contributed by atoms with Gasteiger partial charge in [-0.05, 0) is 30.4 Å². The van der Waals surface area contributed by atoms with Gasteiger partial charge in [-0.1, -0.05) is 76.1 Å². The van der Waals surface area contributed by atoms with Crippen LogP contribution >= 0.6 is 0 Å². The van der Waals surface area contributed by atoms with E-state index in [0.29, 0.717) is 13.0 Å². The highest BCUT2D eigenvalue weighted by atomic mass is 16.8. The van der Waals surface area contributed by atoms with E-state index in [4.69, 9.17) is 19.7 Å². The molecule has 0 amide bonds. The predicted octanol–water partition coefficient (Wildman–Crippen LogP) is 6.10. The summed E-state index contributed by atoms with van der Waals surface area (Å²) in [7, 11) is 0. The van der Waals surface area contributed by atoms with Crippen LogP contribution in [0.4, 0.5) is 9.59 Å². The quantitative estimate of drug-likeness (QED) is 0.184. The van der Waals surface area contributed by atoms with Crippen molar-refractivity contribution in [2.75, 3.05) is 0 Å². The summed E-state index contributed by atoms with van der Waals surface area (Å²) in [5, 5.41) is 21.1. The van der Waals surface area contributed by atoms with Gasteiger partial charge in [0.25, 0.3) is 5.79 Å². The average Bonchev–Trinajstić information content (AvgIpc) is 3.10. The number of aryl methyl sites for hydroxylation is 1. The summed E-state index contributed by atoms with van der Waals surface area (Å²) in [5.41, 5.74) is 2.48. The zero-order chi connectivity index (χ0) is 22.5. The third-order valence-electron chi connectivity index (χ3n) is 5.91. The van der Waals surface area contributed by atoms with Gasteiger partial charge in [0, 0.05) is 25.4 Å². The lowest BCUT2D eigenvalue weighted by atomic mass is 10.0. The van der Waals surface area contributed by atoms with E-state index >= 15 is 0 Å². The van der Waals surface area contributed by atoms with Crippen molar-refractivity contribution in [1.82, 2.24) is 5.32 Å². The molecule has 0 spiro atoms. The molecule has 1 aromatic carbocycles. The Balaban J connectivity index is 1.67. The van der Waals surface area contributed by atoms with Gasteiger partial charge in [-0.3, -0.25) is 0 Å². The Morgan fingerprint density at radius 2 is 1.48 bits per heavy atom. The molecule has 1 fully saturated rings. The molecule has 31 heavy (non-hydrogen) atoms. The number of hydrogen-bond donors (Lipinski definition) is 3. The topological polar surface area (TPSA) is 105 Å². The first kappa shape index (κ1) is 25.0. The van der Waals surface area contributed by atoms with Crippen LogP contribution in [0.3, 0.4) is 0 Å². The summed E-state index contributed by atoms with van der Waals surface area (Å²) in [6.07, 6.45) is 9.57. The number of benzene rings is 1. The number of carboxylic acid groups (broad SMARTS) is 2. The van der Waals surface area contributed by atoms with E-state index in [0.717, 1.165) is 12.0 Å². The summed E-state index contributed by atoms with van der Waals surface area (Å²) in [6, 6.07) is 8.47. The molecule has 0 aromatic heterocycles. The summed E-state index contributed by atoms with van der Waals surface area (Å²) in [5.74, 6) is -1.62. The third kappa shape index (κ3) is 9.59. The second-order valence-corrected chi connectivity index (χ2v) is 8.51. The largest absolute Gasteiger partial charge is 0.509 e. The standard InChI is InChI=1S/C24H37NO6/c1-2-3-4-5-6-7-8-9-10-19-11-13-20(14-12-19)18-25-21-15-16-24(17-21,30-22(26)27)31-23(28)29/h11-14,21,25H,2-10,15-18H2,1H3,(H,26,27)(H,28,29). The molecule has 2 rings (SSSR count). The fraction of sp³-hybridized carbons (Fsp3) is 0.667. The number of nitrogens with one attached hydrogen (secondary N) is 1. The van der Waals surface area contributed by atoms with E-state index in [1.807, 2.05) is 0 Å². The number of ether oxygens (including phenoxy) is 2. The molecule has 174 valence electrons. The van der Waals surface area contributed by atoms with Crippen molar-refractivity contribution in [3.05, 3.63) is 35.4 Å². The number of hydrogen-bond acceptors (Lipinski definition) is 5. The molecule has 1 aliphatic carbocycles. The molecule has 7 heteroatoms. The molecule has 1 unspecified atom stereocenters. The molecule has 0 aliphatic heterocycles. The predicted molar refractivity (Wildman–Crippen MR) is 118 cm³/mol. The van der Waals surface area contributed by atoms with Crippen molar-refractivity contribution in [2.24, 2.45) is 0 Å². The summed E-state index contributed by atoms with van der Waals surface area (Å²) in [4.78, 5) is 21.8. The smallest absolute Gasteiger partial charge is 0.450 e. The third-order valence-corrected chi connectivity index (χ3v) is 5.91. The maximum absolute atomic E-state index is 10.9. The van der Waals surface area contributed by atoms with Crippen LogP contribution in [-0.2, 0) is 22.4 Å². The molecule has 0 radical (unpaired) electrons. The zero-order valence-corrected chi connectivity index (χ0v) is 18.6. The molecule has 1 aromatic rings. The minimum absolute atomic E-state index is 0.0734. The molecular formula is C24H37NO6. The first-order valence-electron chi connectivity index (χ1n) is 11.6. The fourth-order valence-electron chi connectivity index (χ4n) is 4.22. The highest BCUT2D eigenvalue weighted by Crippen LogP contribution is 2.35. The van der Waals surface area contributed by atoms with E-state index in [1.54, 1.807) is 0 Å². The normalized spacial score (nSPS) is 17.4. The van der Waals surface area contributed by atoms with E-state index < -0.39 is 18.1 Å². The van der Waals surface area contributed by atoms with Crippen LogP contribution in [0.2, 0.25) is 0 Å². The Morgan fingerprint density at radius 3 is 2.06 bits per heavy atom. The first-order valence-corrected chi connectivity index (χ1v) is 11.6. The Labute approximate surface area is 185 Å². The Kier molecular flexibility index (Phi) is 10.6. The highest BCUT2D eigenvalue weighted by Gasteiger charge is 2.46. The molecule has 1 atom stereocenters. The SMILES string of the molecule is CCCCCCCCCCc1ccc(CNC2CCC(OC(=O)O)(OC(=O)O)C2)cc1. The Hall–Kier alpha value is -2.28. The lowest BCUT2D eigenvalue weighted by Crippen LogP contribution is -2.39. The molecule has 1 saturated carbocycles. The van der Waals surface area contributed by atoms with Crippen LogP contribution in [0.25, 0.3) is 0 Å². The van der Waals surface area contributed by atoms with E-state index in [1.165, 1.54) is 56.9 Å². The van der Waals surface area contributed by atoms with Crippen molar-refractivity contribution in [1.29, 1.82) is 0 Å². The molecule has 0 bridgehead atoms. The summed E-state index contributed by atoms with van der Waals surface area (Å²) in [6.45, 7) is 2.87. The lowest BCUT2D eigenvalue weighted by Gasteiger charge is -2.26. The number of unbranched alkanes of at least 4 members (excludes halogenated alkanes) is 7. The van der Waals surface area contributed by atoms with Crippen LogP contribution in [0, 0.1) is 0 Å². The van der Waals surface area contributed by atoms with Gasteiger partial charge in [0.2, 0.25) is 0 Å². The maximum atomic E-state index is 10.9. The van der Waals surface area contributed by atoms with Crippen LogP contribution in [0.1, 0.15) is 88.7 Å². The maximum Gasteiger partial charge on any atom is 0.509 e. The number of carbonyl (C=O) groups is 2. The second kappa shape index (κ2) is 13.2. The van der Waals surface area contributed by atoms with E-state index in [2.05, 4.69) is 36.5 Å². The monoisotopic (exact) mass is 435 g/mol. The zero-order valence-electron chi connectivity index (χ0n) is 18.6. The van der Waals surface area contributed by atoms with Crippen molar-refractivity contribution < 1.29 is 29.3 Å². The van der Waals surface area contributed by atoms with Crippen LogP contribution in [0.5, 0.6) is 0 Å². The molecule has 0 heterocycles. The van der Waals surface area contributed by atoms with Crippen LogP contribution in [0.15, 0.2) is 24.3 Å². The van der Waals surface area contributed by atoms with Crippen LogP contribution < -0.4 is 5.32 Å². The van der Waals surface area contributed by atoms with Crippen molar-refractivity contribution in [3.8, 4) is 0 Å². The minimum atomic E-state index is -1.62. The van der Waals surface area contributed by atoms with Gasteiger partial charge in [0.1, 0.15) is 0 Å². The Morgan fingerprint density at radius 1 is 0.935 bits per heavy atom. The van der Waals surface area contributed by atoms with Gasteiger partial charge in [0.05, 0.1) is 0 Å². The van der Waals surface area contributed by atoms with E-state index in [9.17, 15) is 9.59 Å². The van der Waals surface area contributed by atoms with Gasteiger partial charge in [-0.15, -0.1) is 0 Å². The first-order chi connectivity index (χ1) is 14.9. The second-order valence-electron chi connectivity index (χ2n) is 8.51. The van der Waals surface area contributed by atoms with Crippen molar-refractivity contribution in [3.63, 3.8) is 0 Å². The van der Waals surface area contributed by atoms with Gasteiger partial charge in [0.15, 0.2) is 0 Å². The lowest BCUT2D eigenvalue weighted by molar-refractivity contribution is -0.177. The minimum Gasteiger partial charge on any atom is -0.450 e. The summed E-state index contributed by atoms with van der Waals surface area (Å²) < 4.78 is 9.52. The van der Waals surface area contributed by atoms with E-state index in [-0.39, 0.29) is 18.9 Å². The molecule has 7 nitrogen and oxygen atoms in total. The average molecular weight is 436 g/mol. The molecule has 3 N–H and O–H groups in total. The molecular weight excluding hydrogens is 398 g/mol. The fourth-order valence-corrected chi connectivity index (χ4v) is 4.22.